The van der Waals surface area contributed by atoms with Gasteiger partial charge in [0.15, 0.2) is 19.8 Å². The molecule has 3 aliphatic rings. The summed E-state index contributed by atoms with van der Waals surface area (Å²) in [6.07, 6.45) is 4.88. The molecule has 1 aliphatic carbocycles. The number of hydrogen-bond donors (Lipinski definition) is 1. The van der Waals surface area contributed by atoms with Crippen molar-refractivity contribution in [3.05, 3.63) is 35.9 Å². The molecular weight excluding hydrogens is 358 g/mol. The molecule has 0 saturated carbocycles. The van der Waals surface area contributed by atoms with Gasteiger partial charge in [-0.1, -0.05) is 39.0 Å². The van der Waals surface area contributed by atoms with Crippen molar-refractivity contribution in [1.82, 2.24) is 5.32 Å². The predicted octanol–water partition coefficient (Wildman–Crippen LogP) is 3.96. The minimum Gasteiger partial charge on any atom is -0.454 e. The zero-order valence-corrected chi connectivity index (χ0v) is 17.7. The van der Waals surface area contributed by atoms with Crippen LogP contribution in [0.2, 0.25) is 18.1 Å². The van der Waals surface area contributed by atoms with Crippen molar-refractivity contribution < 1.29 is 18.7 Å². The van der Waals surface area contributed by atoms with Crippen molar-refractivity contribution in [3.8, 4) is 11.5 Å². The summed E-state index contributed by atoms with van der Waals surface area (Å²) in [4.78, 5) is 12.3. The number of fused-ring (bicyclic) bond motifs is 2. The Hall–Kier alpha value is -1.79. The highest BCUT2D eigenvalue weighted by atomic mass is 28.4. The summed E-state index contributed by atoms with van der Waals surface area (Å²) in [6.45, 7) is 11.5. The second-order valence-corrected chi connectivity index (χ2v) is 14.1. The fourth-order valence-corrected chi connectivity index (χ4v) is 5.23. The number of amides is 1. The van der Waals surface area contributed by atoms with E-state index in [9.17, 15) is 4.79 Å². The van der Waals surface area contributed by atoms with Crippen LogP contribution in [0.5, 0.6) is 11.5 Å². The van der Waals surface area contributed by atoms with Crippen molar-refractivity contribution in [2.24, 2.45) is 5.92 Å². The van der Waals surface area contributed by atoms with Crippen molar-refractivity contribution >= 4 is 14.2 Å². The van der Waals surface area contributed by atoms with E-state index in [0.29, 0.717) is 6.42 Å². The van der Waals surface area contributed by atoms with Crippen LogP contribution in [-0.4, -0.2) is 33.2 Å². The van der Waals surface area contributed by atoms with E-state index in [1.165, 1.54) is 0 Å². The Labute approximate surface area is 162 Å². The number of rotatable bonds is 3. The van der Waals surface area contributed by atoms with Crippen molar-refractivity contribution in [2.45, 2.75) is 63.4 Å². The van der Waals surface area contributed by atoms with Crippen LogP contribution < -0.4 is 14.8 Å². The first-order valence-electron chi connectivity index (χ1n) is 9.71. The highest BCUT2D eigenvalue weighted by molar-refractivity contribution is 6.74. The third-order valence-corrected chi connectivity index (χ3v) is 11.0. The molecule has 27 heavy (non-hydrogen) atoms. The fraction of sp³-hybridized carbons (Fsp3) is 0.571. The van der Waals surface area contributed by atoms with Gasteiger partial charge >= 0.3 is 0 Å². The van der Waals surface area contributed by atoms with E-state index in [1.54, 1.807) is 0 Å². The molecule has 1 N–H and O–H groups in total. The largest absolute Gasteiger partial charge is 0.454 e. The van der Waals surface area contributed by atoms with Crippen LogP contribution in [0.15, 0.2) is 30.4 Å². The topological polar surface area (TPSA) is 56.8 Å². The van der Waals surface area contributed by atoms with Gasteiger partial charge in [0.2, 0.25) is 12.7 Å². The second kappa shape index (κ2) is 6.38. The molecule has 1 aromatic rings. The van der Waals surface area contributed by atoms with Crippen LogP contribution in [0, 0.1) is 5.92 Å². The van der Waals surface area contributed by atoms with Gasteiger partial charge in [0.05, 0.1) is 6.10 Å². The lowest BCUT2D eigenvalue weighted by molar-refractivity contribution is -0.119. The first-order valence-corrected chi connectivity index (χ1v) is 12.6. The summed E-state index contributed by atoms with van der Waals surface area (Å²) in [5.41, 5.74) is 1.14. The number of benzene rings is 1. The fourth-order valence-electron chi connectivity index (χ4n) is 3.94. The Kier molecular flexibility index (Phi) is 4.39. The van der Waals surface area contributed by atoms with Gasteiger partial charge in [-0.2, -0.15) is 0 Å². The molecule has 2 aliphatic heterocycles. The maximum atomic E-state index is 12.3. The van der Waals surface area contributed by atoms with Crippen molar-refractivity contribution in [2.75, 3.05) is 6.79 Å². The maximum Gasteiger partial charge on any atom is 0.231 e. The Bertz CT molecular complexity index is 783. The van der Waals surface area contributed by atoms with Crippen LogP contribution >= 0.6 is 0 Å². The molecular formula is C21H29NO4Si. The summed E-state index contributed by atoms with van der Waals surface area (Å²) < 4.78 is 17.6. The first kappa shape index (κ1) is 18.6. The number of carbonyl (C=O) groups excluding carboxylic acids is 1. The highest BCUT2D eigenvalue weighted by Gasteiger charge is 2.47. The van der Waals surface area contributed by atoms with Gasteiger partial charge in [0.1, 0.15) is 0 Å². The molecule has 0 unspecified atom stereocenters. The van der Waals surface area contributed by atoms with Gasteiger partial charge in [0.25, 0.3) is 0 Å². The van der Waals surface area contributed by atoms with Gasteiger partial charge in [-0.25, -0.2) is 0 Å². The standard InChI is InChI=1S/C21H29NO4Si/c1-21(2,3)27(4,5)26-16-9-7-14(20-15(16)11-19(23)22-20)13-6-8-17-18(10-13)25-12-24-17/h6-10,14-16,20H,11-12H2,1-5H3,(H,22,23)/t14-,15+,16+,20-/m0/s1. The number of ether oxygens (including phenoxy) is 2. The van der Waals surface area contributed by atoms with Gasteiger partial charge in [-0.15, -0.1) is 0 Å². The minimum absolute atomic E-state index is 0.0138. The lowest BCUT2D eigenvalue weighted by Gasteiger charge is -2.43. The Morgan fingerprint density at radius 3 is 2.63 bits per heavy atom. The molecule has 0 aromatic heterocycles. The zero-order valence-electron chi connectivity index (χ0n) is 16.7. The third-order valence-electron chi connectivity index (χ3n) is 6.55. The van der Waals surface area contributed by atoms with E-state index in [0.717, 1.165) is 17.1 Å². The normalized spacial score (nSPS) is 29.6. The molecule has 0 bridgehead atoms. The van der Waals surface area contributed by atoms with E-state index in [2.05, 4.69) is 57.4 Å². The van der Waals surface area contributed by atoms with E-state index in [-0.39, 0.29) is 41.7 Å². The third kappa shape index (κ3) is 3.29. The van der Waals surface area contributed by atoms with Crippen molar-refractivity contribution in [1.29, 1.82) is 0 Å². The lowest BCUT2D eigenvalue weighted by atomic mass is 9.77. The molecule has 146 valence electrons. The number of nitrogens with one attached hydrogen (secondary N) is 1. The highest BCUT2D eigenvalue weighted by Crippen LogP contribution is 2.44. The molecule has 5 nitrogen and oxygen atoms in total. The summed E-state index contributed by atoms with van der Waals surface area (Å²) in [5.74, 6) is 1.96. The SMILES string of the molecule is CC(C)(C)[Si](C)(C)O[C@@H]1C=C[C@@H](c2ccc3c(c2)OCO3)[C@@H]2NC(=O)C[C@@H]21. The van der Waals surface area contributed by atoms with Crippen LogP contribution in [0.25, 0.3) is 0 Å². The quantitative estimate of drug-likeness (QED) is 0.630. The number of carbonyl (C=O) groups is 1. The molecule has 1 saturated heterocycles. The van der Waals surface area contributed by atoms with Crippen LogP contribution in [0.1, 0.15) is 38.7 Å². The molecule has 1 aromatic carbocycles. The van der Waals surface area contributed by atoms with Crippen LogP contribution in [0.4, 0.5) is 0 Å². The lowest BCUT2D eigenvalue weighted by Crippen LogP contribution is -2.49. The first-order chi connectivity index (χ1) is 12.7. The number of hydrogen-bond acceptors (Lipinski definition) is 4. The summed E-state index contributed by atoms with van der Waals surface area (Å²) in [6, 6.07) is 6.11. The second-order valence-electron chi connectivity index (χ2n) is 9.33. The Morgan fingerprint density at radius 1 is 1.15 bits per heavy atom. The van der Waals surface area contributed by atoms with Gasteiger partial charge in [0, 0.05) is 24.3 Å². The van der Waals surface area contributed by atoms with E-state index < -0.39 is 8.32 Å². The molecule has 0 spiro atoms. The van der Waals surface area contributed by atoms with Gasteiger partial charge < -0.3 is 19.2 Å². The average molecular weight is 388 g/mol. The van der Waals surface area contributed by atoms with E-state index in [4.69, 9.17) is 13.9 Å². The van der Waals surface area contributed by atoms with Crippen molar-refractivity contribution in [3.63, 3.8) is 0 Å². The summed E-state index contributed by atoms with van der Waals surface area (Å²) >= 11 is 0. The summed E-state index contributed by atoms with van der Waals surface area (Å²) in [7, 11) is -1.92. The molecule has 1 amide bonds. The molecule has 2 heterocycles. The molecule has 1 fully saturated rings. The van der Waals surface area contributed by atoms with Crippen LogP contribution in [-0.2, 0) is 9.22 Å². The molecule has 4 atom stereocenters. The average Bonchev–Trinajstić information content (AvgIpc) is 3.19. The Morgan fingerprint density at radius 2 is 1.89 bits per heavy atom. The van der Waals surface area contributed by atoms with Gasteiger partial charge in [-0.05, 0) is 35.8 Å². The minimum atomic E-state index is -1.92. The predicted molar refractivity (Wildman–Crippen MR) is 107 cm³/mol. The molecule has 4 rings (SSSR count). The van der Waals surface area contributed by atoms with Gasteiger partial charge in [-0.3, -0.25) is 4.79 Å². The van der Waals surface area contributed by atoms with E-state index >= 15 is 0 Å². The molecule has 6 heteroatoms. The zero-order chi connectivity index (χ0) is 19.4. The Balaban J connectivity index is 1.62. The van der Waals surface area contributed by atoms with E-state index in [1.807, 2.05) is 12.1 Å². The maximum absolute atomic E-state index is 12.3. The smallest absolute Gasteiger partial charge is 0.231 e. The summed E-state index contributed by atoms with van der Waals surface area (Å²) in [5, 5.41) is 3.34. The monoisotopic (exact) mass is 387 g/mol. The van der Waals surface area contributed by atoms with Crippen LogP contribution in [0.3, 0.4) is 0 Å². The molecule has 0 radical (unpaired) electrons.